The second-order valence-corrected chi connectivity index (χ2v) is 4.74. The second-order valence-electron chi connectivity index (χ2n) is 4.74. The Morgan fingerprint density at radius 1 is 1.69 bits per heavy atom. The van der Waals surface area contributed by atoms with Crippen molar-refractivity contribution >= 4 is 5.97 Å². The summed E-state index contributed by atoms with van der Waals surface area (Å²) in [6.07, 6.45) is 2.60. The number of carboxylic acids is 1. The molecule has 0 amide bonds. The highest BCUT2D eigenvalue weighted by Crippen LogP contribution is 2.30. The van der Waals surface area contributed by atoms with Gasteiger partial charge in [0.2, 0.25) is 0 Å². The van der Waals surface area contributed by atoms with Gasteiger partial charge < -0.3 is 14.8 Å². The SMILES string of the molecule is CC(C)Cc1cnc(C2(C(=O)O)COC2)[nH]1. The molecular formula is C11H16N2O3. The van der Waals surface area contributed by atoms with Crippen LogP contribution in [0.2, 0.25) is 0 Å². The lowest BCUT2D eigenvalue weighted by atomic mass is 9.85. The van der Waals surface area contributed by atoms with Gasteiger partial charge >= 0.3 is 5.97 Å². The van der Waals surface area contributed by atoms with Gasteiger partial charge in [-0.05, 0) is 12.3 Å². The van der Waals surface area contributed by atoms with Gasteiger partial charge in [-0.1, -0.05) is 13.8 Å². The van der Waals surface area contributed by atoms with E-state index in [1.165, 1.54) is 0 Å². The summed E-state index contributed by atoms with van der Waals surface area (Å²) in [7, 11) is 0. The molecule has 1 fully saturated rings. The standard InChI is InChI=1S/C11H16N2O3/c1-7(2)3-8-4-12-9(13-8)11(10(14)15)5-16-6-11/h4,7H,3,5-6H2,1-2H3,(H,12,13)(H,14,15). The zero-order valence-electron chi connectivity index (χ0n) is 9.49. The lowest BCUT2D eigenvalue weighted by molar-refractivity contribution is -0.163. The largest absolute Gasteiger partial charge is 0.480 e. The summed E-state index contributed by atoms with van der Waals surface area (Å²) in [6.45, 7) is 4.63. The Labute approximate surface area is 93.8 Å². The van der Waals surface area contributed by atoms with Gasteiger partial charge in [0.15, 0.2) is 5.41 Å². The van der Waals surface area contributed by atoms with Crippen LogP contribution in [0.1, 0.15) is 25.4 Å². The number of nitrogens with zero attached hydrogens (tertiary/aromatic N) is 1. The Morgan fingerprint density at radius 2 is 2.38 bits per heavy atom. The fourth-order valence-corrected chi connectivity index (χ4v) is 1.81. The third kappa shape index (κ3) is 1.71. The van der Waals surface area contributed by atoms with Crippen LogP contribution in [0.3, 0.4) is 0 Å². The van der Waals surface area contributed by atoms with Crippen LogP contribution in [0.25, 0.3) is 0 Å². The molecule has 16 heavy (non-hydrogen) atoms. The van der Waals surface area contributed by atoms with E-state index in [9.17, 15) is 9.90 Å². The Hall–Kier alpha value is -1.36. The van der Waals surface area contributed by atoms with Crippen molar-refractivity contribution in [2.24, 2.45) is 5.92 Å². The average Bonchev–Trinajstić information content (AvgIpc) is 2.49. The number of hydrogen-bond donors (Lipinski definition) is 2. The van der Waals surface area contributed by atoms with E-state index in [0.717, 1.165) is 12.1 Å². The first-order chi connectivity index (χ1) is 7.54. The molecule has 0 radical (unpaired) electrons. The second kappa shape index (κ2) is 3.90. The van der Waals surface area contributed by atoms with E-state index >= 15 is 0 Å². The first-order valence-corrected chi connectivity index (χ1v) is 5.40. The maximum absolute atomic E-state index is 11.2. The molecule has 1 saturated heterocycles. The highest BCUT2D eigenvalue weighted by molar-refractivity contribution is 5.81. The molecular weight excluding hydrogens is 208 g/mol. The summed E-state index contributed by atoms with van der Waals surface area (Å²) >= 11 is 0. The van der Waals surface area contributed by atoms with Gasteiger partial charge in [-0.15, -0.1) is 0 Å². The van der Waals surface area contributed by atoms with Gasteiger partial charge in [-0.3, -0.25) is 4.79 Å². The van der Waals surface area contributed by atoms with Crippen LogP contribution in [0, 0.1) is 5.92 Å². The molecule has 0 aromatic carbocycles. The number of aromatic amines is 1. The highest BCUT2D eigenvalue weighted by Gasteiger charge is 2.50. The van der Waals surface area contributed by atoms with Crippen molar-refractivity contribution in [2.45, 2.75) is 25.7 Å². The number of carbonyl (C=O) groups is 1. The van der Waals surface area contributed by atoms with Gasteiger partial charge in [0.25, 0.3) is 0 Å². The number of ether oxygens (including phenoxy) is 1. The molecule has 5 nitrogen and oxygen atoms in total. The Balaban J connectivity index is 2.20. The molecule has 2 heterocycles. The van der Waals surface area contributed by atoms with Gasteiger partial charge in [0.1, 0.15) is 5.82 Å². The minimum Gasteiger partial charge on any atom is -0.480 e. The molecule has 0 saturated carbocycles. The van der Waals surface area contributed by atoms with Crippen molar-refractivity contribution in [3.8, 4) is 0 Å². The van der Waals surface area contributed by atoms with Crippen LogP contribution in [-0.4, -0.2) is 34.3 Å². The molecule has 1 aliphatic rings. The fourth-order valence-electron chi connectivity index (χ4n) is 1.81. The zero-order chi connectivity index (χ0) is 11.8. The van der Waals surface area contributed by atoms with Crippen molar-refractivity contribution in [3.63, 3.8) is 0 Å². The Morgan fingerprint density at radius 3 is 2.81 bits per heavy atom. The van der Waals surface area contributed by atoms with E-state index in [-0.39, 0.29) is 13.2 Å². The van der Waals surface area contributed by atoms with Crippen LogP contribution in [-0.2, 0) is 21.4 Å². The fraction of sp³-hybridized carbons (Fsp3) is 0.636. The number of carboxylic acid groups (broad SMARTS) is 1. The van der Waals surface area contributed by atoms with Crippen molar-refractivity contribution in [1.82, 2.24) is 9.97 Å². The molecule has 0 aliphatic carbocycles. The number of imidazole rings is 1. The number of aliphatic carboxylic acids is 1. The number of nitrogens with one attached hydrogen (secondary N) is 1. The van der Waals surface area contributed by atoms with E-state index in [4.69, 9.17) is 4.74 Å². The van der Waals surface area contributed by atoms with E-state index in [2.05, 4.69) is 23.8 Å². The van der Waals surface area contributed by atoms with Crippen molar-refractivity contribution in [2.75, 3.05) is 13.2 Å². The maximum Gasteiger partial charge on any atom is 0.322 e. The van der Waals surface area contributed by atoms with Gasteiger partial charge in [0.05, 0.1) is 13.2 Å². The van der Waals surface area contributed by atoms with Crippen LogP contribution in [0.4, 0.5) is 0 Å². The third-order valence-corrected chi connectivity index (χ3v) is 2.82. The van der Waals surface area contributed by atoms with Crippen LogP contribution in [0.5, 0.6) is 0 Å². The smallest absolute Gasteiger partial charge is 0.322 e. The summed E-state index contributed by atoms with van der Waals surface area (Å²) in [5.41, 5.74) is 0.0346. The van der Waals surface area contributed by atoms with Crippen LogP contribution in [0.15, 0.2) is 6.20 Å². The van der Waals surface area contributed by atoms with Gasteiger partial charge in [-0.25, -0.2) is 4.98 Å². The van der Waals surface area contributed by atoms with Crippen LogP contribution < -0.4 is 0 Å². The quantitative estimate of drug-likeness (QED) is 0.798. The predicted molar refractivity (Wildman–Crippen MR) is 57.3 cm³/mol. The minimum absolute atomic E-state index is 0.205. The topological polar surface area (TPSA) is 75.2 Å². The van der Waals surface area contributed by atoms with E-state index in [0.29, 0.717) is 11.7 Å². The lowest BCUT2D eigenvalue weighted by Crippen LogP contribution is -2.53. The molecule has 1 aromatic heterocycles. The monoisotopic (exact) mass is 224 g/mol. The maximum atomic E-state index is 11.2. The number of hydrogen-bond acceptors (Lipinski definition) is 3. The third-order valence-electron chi connectivity index (χ3n) is 2.82. The number of rotatable bonds is 4. The summed E-state index contributed by atoms with van der Waals surface area (Å²) in [6, 6.07) is 0. The molecule has 2 N–H and O–H groups in total. The predicted octanol–water partition coefficient (Wildman–Crippen LogP) is 0.961. The molecule has 88 valence electrons. The van der Waals surface area contributed by atoms with Crippen molar-refractivity contribution in [1.29, 1.82) is 0 Å². The normalized spacial score (nSPS) is 18.4. The first kappa shape index (κ1) is 11.1. The Bertz CT molecular complexity index is 394. The molecule has 2 rings (SSSR count). The van der Waals surface area contributed by atoms with E-state index in [1.807, 2.05) is 0 Å². The van der Waals surface area contributed by atoms with E-state index in [1.54, 1.807) is 6.20 Å². The first-order valence-electron chi connectivity index (χ1n) is 5.40. The van der Waals surface area contributed by atoms with Gasteiger partial charge in [0, 0.05) is 11.9 Å². The molecule has 1 aliphatic heterocycles. The van der Waals surface area contributed by atoms with Gasteiger partial charge in [-0.2, -0.15) is 0 Å². The number of H-pyrrole nitrogens is 1. The zero-order valence-corrected chi connectivity index (χ0v) is 9.49. The van der Waals surface area contributed by atoms with Crippen molar-refractivity contribution in [3.05, 3.63) is 17.7 Å². The van der Waals surface area contributed by atoms with E-state index < -0.39 is 11.4 Å². The molecule has 1 aromatic rings. The average molecular weight is 224 g/mol. The summed E-state index contributed by atoms with van der Waals surface area (Å²) in [4.78, 5) is 18.5. The number of aromatic nitrogens is 2. The van der Waals surface area contributed by atoms with Crippen LogP contribution >= 0.6 is 0 Å². The molecule has 0 unspecified atom stereocenters. The Kier molecular flexibility index (Phi) is 2.71. The molecule has 0 bridgehead atoms. The molecule has 0 atom stereocenters. The summed E-state index contributed by atoms with van der Waals surface area (Å²) in [5, 5.41) is 9.19. The van der Waals surface area contributed by atoms with Crippen molar-refractivity contribution < 1.29 is 14.6 Å². The highest BCUT2D eigenvalue weighted by atomic mass is 16.5. The summed E-state index contributed by atoms with van der Waals surface area (Å²) < 4.78 is 5.00. The molecule has 5 heteroatoms. The minimum atomic E-state index is -0.949. The molecule has 0 spiro atoms. The lowest BCUT2D eigenvalue weighted by Gasteiger charge is -2.35. The summed E-state index contributed by atoms with van der Waals surface area (Å²) in [5.74, 6) is 0.165.